The van der Waals surface area contributed by atoms with Crippen molar-refractivity contribution in [3.05, 3.63) is 17.5 Å². The molecule has 0 amide bonds. The fourth-order valence-electron chi connectivity index (χ4n) is 2.59. The zero-order valence-electron chi connectivity index (χ0n) is 12.1. The lowest BCUT2D eigenvalue weighted by atomic mass is 10.1. The molecule has 2 fully saturated rings. The van der Waals surface area contributed by atoms with Crippen molar-refractivity contribution in [1.29, 1.82) is 0 Å². The highest BCUT2D eigenvalue weighted by atomic mass is 16.5. The van der Waals surface area contributed by atoms with Crippen molar-refractivity contribution in [2.45, 2.75) is 51.3 Å². The van der Waals surface area contributed by atoms with Crippen molar-refractivity contribution in [2.75, 3.05) is 26.2 Å². The van der Waals surface area contributed by atoms with Crippen molar-refractivity contribution in [1.82, 2.24) is 15.4 Å². The van der Waals surface area contributed by atoms with Crippen LogP contribution in [-0.4, -0.2) is 42.3 Å². The SMILES string of the molecule is c1c(CNC2CC2)noc1COCCN1CCCCC1. The van der Waals surface area contributed by atoms with Gasteiger partial charge in [-0.3, -0.25) is 0 Å². The lowest BCUT2D eigenvalue weighted by molar-refractivity contribution is 0.0733. The van der Waals surface area contributed by atoms with E-state index in [1.807, 2.05) is 6.07 Å². The first-order chi connectivity index (χ1) is 9.90. The molecule has 1 saturated heterocycles. The first-order valence-corrected chi connectivity index (χ1v) is 7.88. The maximum absolute atomic E-state index is 5.68. The number of hydrogen-bond acceptors (Lipinski definition) is 5. The molecule has 1 saturated carbocycles. The van der Waals surface area contributed by atoms with Crippen LogP contribution < -0.4 is 5.32 Å². The zero-order valence-corrected chi connectivity index (χ0v) is 12.1. The average Bonchev–Trinajstić information content (AvgIpc) is 3.21. The number of rotatable bonds is 8. The summed E-state index contributed by atoms with van der Waals surface area (Å²) in [7, 11) is 0. The normalized spacial score (nSPS) is 20.4. The van der Waals surface area contributed by atoms with E-state index in [2.05, 4.69) is 15.4 Å². The summed E-state index contributed by atoms with van der Waals surface area (Å²) in [6.45, 7) is 5.60. The van der Waals surface area contributed by atoms with Crippen molar-refractivity contribution in [3.63, 3.8) is 0 Å². The van der Waals surface area contributed by atoms with Crippen LogP contribution >= 0.6 is 0 Å². The number of nitrogens with one attached hydrogen (secondary N) is 1. The van der Waals surface area contributed by atoms with Gasteiger partial charge in [0.25, 0.3) is 0 Å². The molecule has 0 unspecified atom stereocenters. The van der Waals surface area contributed by atoms with Crippen LogP contribution in [0.1, 0.15) is 43.6 Å². The van der Waals surface area contributed by atoms with Gasteiger partial charge < -0.3 is 19.5 Å². The number of ether oxygens (including phenoxy) is 1. The number of hydrogen-bond donors (Lipinski definition) is 1. The molecule has 1 N–H and O–H groups in total. The maximum atomic E-state index is 5.68. The van der Waals surface area contributed by atoms with Gasteiger partial charge in [0, 0.05) is 25.2 Å². The molecule has 1 aromatic rings. The average molecular weight is 279 g/mol. The van der Waals surface area contributed by atoms with Crippen LogP contribution in [0, 0.1) is 0 Å². The first kappa shape index (κ1) is 14.0. The van der Waals surface area contributed by atoms with Gasteiger partial charge in [-0.25, -0.2) is 0 Å². The Balaban J connectivity index is 1.29. The van der Waals surface area contributed by atoms with Crippen LogP contribution in [0.4, 0.5) is 0 Å². The Labute approximate surface area is 120 Å². The van der Waals surface area contributed by atoms with E-state index in [9.17, 15) is 0 Å². The van der Waals surface area contributed by atoms with Crippen molar-refractivity contribution in [2.24, 2.45) is 0 Å². The highest BCUT2D eigenvalue weighted by molar-refractivity contribution is 5.04. The van der Waals surface area contributed by atoms with Crippen LogP contribution in [-0.2, 0) is 17.9 Å². The van der Waals surface area contributed by atoms with Gasteiger partial charge in [-0.2, -0.15) is 0 Å². The highest BCUT2D eigenvalue weighted by Crippen LogP contribution is 2.19. The van der Waals surface area contributed by atoms with Gasteiger partial charge in [0.1, 0.15) is 6.61 Å². The Bertz CT molecular complexity index is 398. The highest BCUT2D eigenvalue weighted by Gasteiger charge is 2.20. The minimum Gasteiger partial charge on any atom is -0.372 e. The zero-order chi connectivity index (χ0) is 13.6. The van der Waals surface area contributed by atoms with E-state index >= 15 is 0 Å². The minimum atomic E-state index is 0.532. The summed E-state index contributed by atoms with van der Waals surface area (Å²) in [5.74, 6) is 0.830. The second kappa shape index (κ2) is 7.20. The molecular weight excluding hydrogens is 254 g/mol. The molecule has 5 heteroatoms. The van der Waals surface area contributed by atoms with Gasteiger partial charge >= 0.3 is 0 Å². The molecule has 0 bridgehead atoms. The fraction of sp³-hybridized carbons (Fsp3) is 0.800. The Morgan fingerprint density at radius 3 is 2.95 bits per heavy atom. The molecule has 1 aromatic heterocycles. The lowest BCUT2D eigenvalue weighted by Crippen LogP contribution is -2.32. The summed E-state index contributed by atoms with van der Waals surface area (Å²) in [5.41, 5.74) is 0.978. The first-order valence-electron chi connectivity index (χ1n) is 7.88. The number of likely N-dealkylation sites (tertiary alicyclic amines) is 1. The van der Waals surface area contributed by atoms with E-state index in [1.165, 1.54) is 45.2 Å². The Morgan fingerprint density at radius 1 is 1.30 bits per heavy atom. The monoisotopic (exact) mass is 279 g/mol. The predicted octanol–water partition coefficient (Wildman–Crippen LogP) is 1.93. The van der Waals surface area contributed by atoms with E-state index in [0.717, 1.165) is 31.2 Å². The third-order valence-electron chi connectivity index (χ3n) is 4.00. The predicted molar refractivity (Wildman–Crippen MR) is 76.3 cm³/mol. The van der Waals surface area contributed by atoms with Gasteiger partial charge in [-0.05, 0) is 38.8 Å². The van der Waals surface area contributed by atoms with E-state index in [4.69, 9.17) is 9.26 Å². The van der Waals surface area contributed by atoms with Gasteiger partial charge in [0.05, 0.1) is 12.3 Å². The smallest absolute Gasteiger partial charge is 0.162 e. The van der Waals surface area contributed by atoms with E-state index in [1.54, 1.807) is 0 Å². The third kappa shape index (κ3) is 4.58. The summed E-state index contributed by atoms with van der Waals surface area (Å²) in [6.07, 6.45) is 6.64. The van der Waals surface area contributed by atoms with E-state index in [0.29, 0.717) is 12.6 Å². The largest absolute Gasteiger partial charge is 0.372 e. The summed E-state index contributed by atoms with van der Waals surface area (Å²) < 4.78 is 11.0. The molecule has 112 valence electrons. The third-order valence-corrected chi connectivity index (χ3v) is 4.00. The van der Waals surface area contributed by atoms with E-state index < -0.39 is 0 Å². The molecule has 2 aliphatic rings. The van der Waals surface area contributed by atoms with Gasteiger partial charge in [0.15, 0.2) is 5.76 Å². The molecule has 0 aromatic carbocycles. The van der Waals surface area contributed by atoms with Gasteiger partial charge in [-0.15, -0.1) is 0 Å². The van der Waals surface area contributed by atoms with Crippen LogP contribution in [0.5, 0.6) is 0 Å². The number of piperidine rings is 1. The van der Waals surface area contributed by atoms with Gasteiger partial charge in [-0.1, -0.05) is 11.6 Å². The molecule has 1 aliphatic carbocycles. The van der Waals surface area contributed by atoms with Crippen LogP contribution in [0.2, 0.25) is 0 Å². The lowest BCUT2D eigenvalue weighted by Gasteiger charge is -2.25. The topological polar surface area (TPSA) is 50.5 Å². The van der Waals surface area contributed by atoms with Crippen molar-refractivity contribution >= 4 is 0 Å². The molecule has 3 rings (SSSR count). The summed E-state index contributed by atoms with van der Waals surface area (Å²) >= 11 is 0. The molecule has 0 radical (unpaired) electrons. The van der Waals surface area contributed by atoms with E-state index in [-0.39, 0.29) is 0 Å². The Hall–Kier alpha value is -0.910. The van der Waals surface area contributed by atoms with Crippen LogP contribution in [0.3, 0.4) is 0 Å². The second-order valence-corrected chi connectivity index (χ2v) is 5.89. The molecular formula is C15H25N3O2. The summed E-state index contributed by atoms with van der Waals surface area (Å²) in [4.78, 5) is 2.48. The van der Waals surface area contributed by atoms with Crippen molar-refractivity contribution in [3.8, 4) is 0 Å². The Morgan fingerprint density at radius 2 is 2.15 bits per heavy atom. The molecule has 0 spiro atoms. The number of nitrogens with zero attached hydrogens (tertiary/aromatic N) is 2. The van der Waals surface area contributed by atoms with Crippen LogP contribution in [0.25, 0.3) is 0 Å². The molecule has 2 heterocycles. The molecule has 1 aliphatic heterocycles. The van der Waals surface area contributed by atoms with Crippen LogP contribution in [0.15, 0.2) is 10.6 Å². The maximum Gasteiger partial charge on any atom is 0.162 e. The second-order valence-electron chi connectivity index (χ2n) is 5.89. The Kier molecular flexibility index (Phi) is 5.06. The van der Waals surface area contributed by atoms with Gasteiger partial charge in [0.2, 0.25) is 0 Å². The standard InChI is InChI=1S/C15H25N3O2/c1-2-6-18(7-3-1)8-9-19-12-15-10-14(17-20-15)11-16-13-4-5-13/h10,13,16H,1-9,11-12H2. The summed E-state index contributed by atoms with van der Waals surface area (Å²) in [6, 6.07) is 2.70. The molecule has 5 nitrogen and oxygen atoms in total. The summed E-state index contributed by atoms with van der Waals surface area (Å²) in [5, 5.41) is 7.48. The molecule has 20 heavy (non-hydrogen) atoms. The van der Waals surface area contributed by atoms with Crippen molar-refractivity contribution < 1.29 is 9.26 Å². The minimum absolute atomic E-state index is 0.532. The fourth-order valence-corrected chi connectivity index (χ4v) is 2.59. The molecule has 0 atom stereocenters. The quantitative estimate of drug-likeness (QED) is 0.737. The number of aromatic nitrogens is 1.